The van der Waals surface area contributed by atoms with Crippen molar-refractivity contribution in [3.63, 3.8) is 0 Å². The number of allylic oxidation sites excluding steroid dienone is 1. The van der Waals surface area contributed by atoms with Gasteiger partial charge in [0.25, 0.3) is 0 Å². The highest BCUT2D eigenvalue weighted by Crippen LogP contribution is 2.34. The third-order valence-electron chi connectivity index (χ3n) is 2.45. The molecule has 1 N–H and O–H groups in total. The summed E-state index contributed by atoms with van der Waals surface area (Å²) in [5, 5.41) is 2.05. The summed E-state index contributed by atoms with van der Waals surface area (Å²) >= 11 is 1.71. The first kappa shape index (κ1) is 11.0. The molecule has 2 aliphatic heterocycles. The van der Waals surface area contributed by atoms with Gasteiger partial charge in [-0.05, 0) is 25.0 Å². The van der Waals surface area contributed by atoms with E-state index >= 15 is 0 Å². The Kier molecular flexibility index (Phi) is 3.08. The van der Waals surface area contributed by atoms with Crippen LogP contribution in [0.3, 0.4) is 0 Å². The first-order valence-electron chi connectivity index (χ1n) is 4.73. The van der Waals surface area contributed by atoms with E-state index in [0.717, 1.165) is 23.5 Å². The van der Waals surface area contributed by atoms with Gasteiger partial charge >= 0.3 is 0 Å². The maximum Gasteiger partial charge on any atom is 0.249 e. The van der Waals surface area contributed by atoms with E-state index in [4.69, 9.17) is 4.74 Å². The second kappa shape index (κ2) is 4.19. The SMILES string of the molecule is CNS(=O)(=O)C1CCC2=CSCC=C2O1. The molecule has 2 aliphatic rings. The summed E-state index contributed by atoms with van der Waals surface area (Å²) < 4.78 is 30.9. The van der Waals surface area contributed by atoms with Crippen molar-refractivity contribution in [1.82, 2.24) is 4.72 Å². The number of hydrogen-bond donors (Lipinski definition) is 1. The number of nitrogens with one attached hydrogen (secondary N) is 1. The number of thioether (sulfide) groups is 1. The van der Waals surface area contributed by atoms with E-state index < -0.39 is 15.5 Å². The Hall–Kier alpha value is -0.460. The van der Waals surface area contributed by atoms with Gasteiger partial charge in [0.2, 0.25) is 15.5 Å². The standard InChI is InChI=1S/C9H13NO3S2/c1-10-15(11,12)9-3-2-7-6-14-5-4-8(7)13-9/h4,6,9-10H,2-3,5H2,1H3. The Labute approximate surface area is 93.8 Å². The third-order valence-corrected chi connectivity index (χ3v) is 4.85. The number of ether oxygens (including phenoxy) is 1. The zero-order valence-corrected chi connectivity index (χ0v) is 10.0. The molecular formula is C9H13NO3S2. The average Bonchev–Trinajstić information content (AvgIpc) is 2.28. The first-order valence-corrected chi connectivity index (χ1v) is 7.33. The third kappa shape index (κ3) is 2.21. The highest BCUT2D eigenvalue weighted by Gasteiger charge is 2.32. The maximum absolute atomic E-state index is 11.5. The van der Waals surface area contributed by atoms with E-state index in [2.05, 4.69) is 10.1 Å². The minimum absolute atomic E-state index is 0.521. The molecule has 0 spiro atoms. The molecule has 0 amide bonds. The van der Waals surface area contributed by atoms with E-state index in [0.29, 0.717) is 6.42 Å². The summed E-state index contributed by atoms with van der Waals surface area (Å²) in [6, 6.07) is 0. The van der Waals surface area contributed by atoms with Crippen molar-refractivity contribution in [2.75, 3.05) is 12.8 Å². The van der Waals surface area contributed by atoms with Gasteiger partial charge in [-0.2, -0.15) is 0 Å². The highest BCUT2D eigenvalue weighted by molar-refractivity contribution is 8.02. The van der Waals surface area contributed by atoms with Crippen molar-refractivity contribution in [3.05, 3.63) is 22.8 Å². The van der Waals surface area contributed by atoms with Crippen molar-refractivity contribution < 1.29 is 13.2 Å². The number of hydrogen-bond acceptors (Lipinski definition) is 4. The van der Waals surface area contributed by atoms with Gasteiger partial charge in [-0.15, -0.1) is 11.8 Å². The normalized spacial score (nSPS) is 26.1. The monoisotopic (exact) mass is 247 g/mol. The molecule has 0 radical (unpaired) electrons. The molecule has 84 valence electrons. The quantitative estimate of drug-likeness (QED) is 0.796. The molecule has 2 heterocycles. The molecule has 1 saturated heterocycles. The van der Waals surface area contributed by atoms with Crippen LogP contribution in [0.1, 0.15) is 12.8 Å². The van der Waals surface area contributed by atoms with Crippen LogP contribution in [0.15, 0.2) is 22.8 Å². The molecule has 15 heavy (non-hydrogen) atoms. The Bertz CT molecular complexity index is 411. The van der Waals surface area contributed by atoms with E-state index in [1.54, 1.807) is 11.8 Å². The van der Waals surface area contributed by atoms with Crippen molar-refractivity contribution in [1.29, 1.82) is 0 Å². The van der Waals surface area contributed by atoms with Gasteiger partial charge in [0.05, 0.1) is 0 Å². The molecular weight excluding hydrogens is 234 g/mol. The molecule has 1 fully saturated rings. The summed E-state index contributed by atoms with van der Waals surface area (Å²) in [6.45, 7) is 0. The number of rotatable bonds is 2. The van der Waals surface area contributed by atoms with E-state index in [1.165, 1.54) is 7.05 Å². The van der Waals surface area contributed by atoms with Crippen LogP contribution in [0.4, 0.5) is 0 Å². The number of sulfonamides is 1. The van der Waals surface area contributed by atoms with Crippen LogP contribution >= 0.6 is 11.8 Å². The summed E-state index contributed by atoms with van der Waals surface area (Å²) in [5.41, 5.74) is 0.378. The molecule has 0 aromatic rings. The topological polar surface area (TPSA) is 55.4 Å². The summed E-state index contributed by atoms with van der Waals surface area (Å²) in [5.74, 6) is 1.59. The lowest BCUT2D eigenvalue weighted by molar-refractivity contribution is 0.154. The van der Waals surface area contributed by atoms with Gasteiger partial charge in [0.1, 0.15) is 5.76 Å². The van der Waals surface area contributed by atoms with Gasteiger partial charge in [-0.3, -0.25) is 0 Å². The molecule has 4 nitrogen and oxygen atoms in total. The second-order valence-corrected chi connectivity index (χ2v) is 6.31. The van der Waals surface area contributed by atoms with Gasteiger partial charge in [0.15, 0.2) is 0 Å². The Morgan fingerprint density at radius 3 is 3.13 bits per heavy atom. The summed E-state index contributed by atoms with van der Waals surface area (Å²) in [6.07, 6.45) is 3.23. The maximum atomic E-state index is 11.5. The predicted octanol–water partition coefficient (Wildman–Crippen LogP) is 1.19. The summed E-state index contributed by atoms with van der Waals surface area (Å²) in [4.78, 5) is 0. The Balaban J connectivity index is 2.17. The predicted molar refractivity (Wildman–Crippen MR) is 60.7 cm³/mol. The largest absolute Gasteiger partial charge is 0.473 e. The zero-order valence-electron chi connectivity index (χ0n) is 8.39. The van der Waals surface area contributed by atoms with Crippen molar-refractivity contribution >= 4 is 21.8 Å². The van der Waals surface area contributed by atoms with Crippen LogP contribution in [0.2, 0.25) is 0 Å². The Morgan fingerprint density at radius 1 is 1.60 bits per heavy atom. The van der Waals surface area contributed by atoms with E-state index in [1.807, 2.05) is 6.08 Å². The molecule has 1 unspecified atom stereocenters. The van der Waals surface area contributed by atoms with Crippen molar-refractivity contribution in [2.24, 2.45) is 0 Å². The second-order valence-electron chi connectivity index (χ2n) is 3.38. The van der Waals surface area contributed by atoms with Crippen molar-refractivity contribution in [2.45, 2.75) is 18.3 Å². The minimum atomic E-state index is -3.32. The zero-order chi connectivity index (χ0) is 10.9. The van der Waals surface area contributed by atoms with Crippen LogP contribution in [-0.4, -0.2) is 26.7 Å². The van der Waals surface area contributed by atoms with Gasteiger partial charge in [-0.1, -0.05) is 0 Å². The van der Waals surface area contributed by atoms with Crippen molar-refractivity contribution in [3.8, 4) is 0 Å². The minimum Gasteiger partial charge on any atom is -0.473 e. The molecule has 6 heteroatoms. The molecule has 2 rings (SSSR count). The van der Waals surface area contributed by atoms with Gasteiger partial charge < -0.3 is 4.74 Å². The first-order chi connectivity index (χ1) is 7.13. The van der Waals surface area contributed by atoms with Gasteiger partial charge in [0, 0.05) is 17.7 Å². The lowest BCUT2D eigenvalue weighted by atomic mass is 10.1. The smallest absolute Gasteiger partial charge is 0.249 e. The fourth-order valence-electron chi connectivity index (χ4n) is 1.59. The fourth-order valence-corrected chi connectivity index (χ4v) is 3.29. The van der Waals surface area contributed by atoms with Crippen LogP contribution in [-0.2, 0) is 14.8 Å². The van der Waals surface area contributed by atoms with Crippen LogP contribution in [0.5, 0.6) is 0 Å². The van der Waals surface area contributed by atoms with E-state index in [-0.39, 0.29) is 0 Å². The van der Waals surface area contributed by atoms with Gasteiger partial charge in [-0.25, -0.2) is 13.1 Å². The molecule has 0 aliphatic carbocycles. The lowest BCUT2D eigenvalue weighted by Crippen LogP contribution is -2.36. The molecule has 1 atom stereocenters. The van der Waals surface area contributed by atoms with Crippen LogP contribution < -0.4 is 4.72 Å². The van der Waals surface area contributed by atoms with Crippen LogP contribution in [0, 0.1) is 0 Å². The van der Waals surface area contributed by atoms with E-state index in [9.17, 15) is 8.42 Å². The lowest BCUT2D eigenvalue weighted by Gasteiger charge is -2.28. The number of fused-ring (bicyclic) bond motifs is 1. The highest BCUT2D eigenvalue weighted by atomic mass is 32.2. The average molecular weight is 247 g/mol. The fraction of sp³-hybridized carbons (Fsp3) is 0.556. The molecule has 0 bridgehead atoms. The molecule has 0 aromatic carbocycles. The molecule has 0 aromatic heterocycles. The Morgan fingerprint density at radius 2 is 2.40 bits per heavy atom. The molecule has 0 saturated carbocycles. The van der Waals surface area contributed by atoms with Crippen LogP contribution in [0.25, 0.3) is 0 Å². The summed E-state index contributed by atoms with van der Waals surface area (Å²) in [7, 11) is -1.91.